The van der Waals surface area contributed by atoms with E-state index in [2.05, 4.69) is 60.2 Å². The molecule has 0 saturated carbocycles. The Kier molecular flexibility index (Phi) is 3.02. The fraction of sp³-hybridized carbons (Fsp3) is 0.533. The van der Waals surface area contributed by atoms with Crippen LogP contribution >= 0.6 is 12.2 Å². The van der Waals surface area contributed by atoms with Crippen molar-refractivity contribution in [2.45, 2.75) is 31.8 Å². The first kappa shape index (κ1) is 12.9. The predicted octanol–water partition coefficient (Wildman–Crippen LogP) is 2.71. The highest BCUT2D eigenvalue weighted by molar-refractivity contribution is 7.80. The molecule has 2 aliphatic heterocycles. The van der Waals surface area contributed by atoms with Gasteiger partial charge in [-0.25, -0.2) is 0 Å². The van der Waals surface area contributed by atoms with Gasteiger partial charge in [0.25, 0.3) is 0 Å². The van der Waals surface area contributed by atoms with Crippen LogP contribution in [-0.4, -0.2) is 40.7 Å². The molecule has 4 heteroatoms. The zero-order chi connectivity index (χ0) is 13.6. The van der Waals surface area contributed by atoms with E-state index in [9.17, 15) is 0 Å². The Morgan fingerprint density at radius 3 is 2.47 bits per heavy atom. The highest BCUT2D eigenvalue weighted by Crippen LogP contribution is 2.45. The van der Waals surface area contributed by atoms with Crippen LogP contribution in [-0.2, 0) is 5.66 Å². The van der Waals surface area contributed by atoms with E-state index in [0.29, 0.717) is 0 Å². The third-order valence-electron chi connectivity index (χ3n) is 4.57. The van der Waals surface area contributed by atoms with Gasteiger partial charge in [0.05, 0.1) is 0 Å². The molecule has 2 heterocycles. The van der Waals surface area contributed by atoms with Crippen LogP contribution in [0, 0.1) is 6.92 Å². The van der Waals surface area contributed by atoms with Crippen LogP contribution in [0.25, 0.3) is 0 Å². The van der Waals surface area contributed by atoms with E-state index < -0.39 is 0 Å². The molecule has 0 amide bonds. The number of fused-ring (bicyclic) bond motifs is 1. The first-order valence-electron chi connectivity index (χ1n) is 6.93. The average Bonchev–Trinajstić information content (AvgIpc) is 2.63. The Labute approximate surface area is 120 Å². The molecule has 1 atom stereocenters. The SMILES string of the molecule is Cc1ccc(C23CCCCN2N(C)C(=S)N3C)cc1. The van der Waals surface area contributed by atoms with Crippen LogP contribution in [0.3, 0.4) is 0 Å². The number of thiocarbonyl (C=S) groups is 1. The Bertz CT molecular complexity index is 499. The minimum Gasteiger partial charge on any atom is -0.327 e. The van der Waals surface area contributed by atoms with Crippen molar-refractivity contribution in [1.82, 2.24) is 14.9 Å². The summed E-state index contributed by atoms with van der Waals surface area (Å²) in [5, 5.41) is 5.50. The molecule has 3 rings (SSSR count). The molecule has 3 nitrogen and oxygen atoms in total. The summed E-state index contributed by atoms with van der Waals surface area (Å²) in [7, 11) is 4.21. The number of hydrogen-bond donors (Lipinski definition) is 0. The first-order chi connectivity index (χ1) is 9.07. The van der Waals surface area contributed by atoms with Gasteiger partial charge in [0, 0.05) is 20.6 Å². The quantitative estimate of drug-likeness (QED) is 0.729. The number of rotatable bonds is 1. The van der Waals surface area contributed by atoms with Crippen molar-refractivity contribution in [3.05, 3.63) is 35.4 Å². The Morgan fingerprint density at radius 1 is 1.11 bits per heavy atom. The van der Waals surface area contributed by atoms with Gasteiger partial charge in [-0.15, -0.1) is 0 Å². The molecule has 1 unspecified atom stereocenters. The highest BCUT2D eigenvalue weighted by Gasteiger charge is 2.52. The maximum absolute atomic E-state index is 5.59. The number of hydrazine groups is 1. The van der Waals surface area contributed by atoms with Crippen molar-refractivity contribution in [1.29, 1.82) is 0 Å². The van der Waals surface area contributed by atoms with Gasteiger partial charge in [-0.1, -0.05) is 29.8 Å². The second-order valence-corrected chi connectivity index (χ2v) is 5.99. The number of piperidine rings is 1. The predicted molar refractivity (Wildman–Crippen MR) is 81.5 cm³/mol. The van der Waals surface area contributed by atoms with E-state index in [-0.39, 0.29) is 5.66 Å². The van der Waals surface area contributed by atoms with E-state index in [1.54, 1.807) is 0 Å². The molecule has 0 radical (unpaired) electrons. The highest BCUT2D eigenvalue weighted by atomic mass is 32.1. The first-order valence-corrected chi connectivity index (χ1v) is 7.34. The van der Waals surface area contributed by atoms with E-state index in [1.165, 1.54) is 24.0 Å². The lowest BCUT2D eigenvalue weighted by Crippen LogP contribution is -2.53. The maximum Gasteiger partial charge on any atom is 0.187 e. The van der Waals surface area contributed by atoms with Gasteiger partial charge in [-0.05, 0) is 44.0 Å². The van der Waals surface area contributed by atoms with E-state index in [4.69, 9.17) is 12.2 Å². The van der Waals surface area contributed by atoms with Crippen LogP contribution in [0.4, 0.5) is 0 Å². The standard InChI is InChI=1S/C15H21N3S/c1-12-6-8-13(9-7-12)15-10-4-5-11-18(15)17(3)14(19)16(15)2/h6-9H,4-5,10-11H2,1-3H3. The topological polar surface area (TPSA) is 9.72 Å². The summed E-state index contributed by atoms with van der Waals surface area (Å²) in [5.41, 5.74) is 2.59. The molecule has 0 aliphatic carbocycles. The van der Waals surface area contributed by atoms with Crippen LogP contribution in [0.5, 0.6) is 0 Å². The van der Waals surface area contributed by atoms with Gasteiger partial charge in [-0.2, -0.15) is 5.01 Å². The average molecular weight is 275 g/mol. The van der Waals surface area contributed by atoms with E-state index >= 15 is 0 Å². The smallest absolute Gasteiger partial charge is 0.187 e. The van der Waals surface area contributed by atoms with Crippen molar-refractivity contribution in [3.8, 4) is 0 Å². The minimum absolute atomic E-state index is 0.0716. The van der Waals surface area contributed by atoms with Gasteiger partial charge in [0.2, 0.25) is 0 Å². The molecule has 2 saturated heterocycles. The third kappa shape index (κ3) is 1.70. The summed E-state index contributed by atoms with van der Waals surface area (Å²) < 4.78 is 0. The Balaban J connectivity index is 2.11. The number of nitrogens with zero attached hydrogens (tertiary/aromatic N) is 3. The maximum atomic E-state index is 5.59. The number of aryl methyl sites for hydroxylation is 1. The van der Waals surface area contributed by atoms with Gasteiger partial charge in [0.1, 0.15) is 5.66 Å². The van der Waals surface area contributed by atoms with Crippen LogP contribution in [0.1, 0.15) is 30.4 Å². The van der Waals surface area contributed by atoms with Crippen molar-refractivity contribution < 1.29 is 0 Å². The molecule has 102 valence electrons. The van der Waals surface area contributed by atoms with Gasteiger partial charge < -0.3 is 4.90 Å². The van der Waals surface area contributed by atoms with Gasteiger partial charge in [0.15, 0.2) is 5.11 Å². The summed E-state index contributed by atoms with van der Waals surface area (Å²) in [6.07, 6.45) is 3.64. The molecule has 0 N–H and O–H groups in total. The molecule has 19 heavy (non-hydrogen) atoms. The van der Waals surface area contributed by atoms with Crippen LogP contribution in [0.15, 0.2) is 24.3 Å². The molecule has 0 bridgehead atoms. The molecule has 2 fully saturated rings. The van der Waals surface area contributed by atoms with Crippen LogP contribution < -0.4 is 0 Å². The van der Waals surface area contributed by atoms with Crippen LogP contribution in [0.2, 0.25) is 0 Å². The lowest BCUT2D eigenvalue weighted by molar-refractivity contribution is -0.0843. The zero-order valence-electron chi connectivity index (χ0n) is 11.9. The second-order valence-electron chi connectivity index (χ2n) is 5.63. The van der Waals surface area contributed by atoms with Crippen molar-refractivity contribution in [3.63, 3.8) is 0 Å². The van der Waals surface area contributed by atoms with E-state index in [1.807, 2.05) is 0 Å². The lowest BCUT2D eigenvalue weighted by Gasteiger charge is -2.46. The number of hydrogen-bond acceptors (Lipinski definition) is 2. The molecule has 1 aromatic carbocycles. The van der Waals surface area contributed by atoms with Gasteiger partial charge in [-0.3, -0.25) is 5.01 Å². The minimum atomic E-state index is -0.0716. The molecule has 2 aliphatic rings. The summed E-state index contributed by atoms with van der Waals surface area (Å²) in [4.78, 5) is 2.27. The Morgan fingerprint density at radius 2 is 1.79 bits per heavy atom. The van der Waals surface area contributed by atoms with Crippen molar-refractivity contribution >= 4 is 17.3 Å². The molecular formula is C15H21N3S. The largest absolute Gasteiger partial charge is 0.327 e. The van der Waals surface area contributed by atoms with Crippen molar-refractivity contribution in [2.24, 2.45) is 0 Å². The lowest BCUT2D eigenvalue weighted by atomic mass is 9.88. The second kappa shape index (κ2) is 4.46. The zero-order valence-corrected chi connectivity index (χ0v) is 12.7. The normalized spacial score (nSPS) is 27.8. The summed E-state index contributed by atoms with van der Waals surface area (Å²) >= 11 is 5.59. The summed E-state index contributed by atoms with van der Waals surface area (Å²) in [6, 6.07) is 8.91. The molecular weight excluding hydrogens is 254 g/mol. The monoisotopic (exact) mass is 275 g/mol. The molecule has 1 aromatic rings. The Hall–Kier alpha value is -1.13. The summed E-state index contributed by atoms with van der Waals surface area (Å²) in [6.45, 7) is 3.21. The summed E-state index contributed by atoms with van der Waals surface area (Å²) in [5.74, 6) is 0. The van der Waals surface area contributed by atoms with Crippen molar-refractivity contribution in [2.75, 3.05) is 20.6 Å². The molecule has 0 aromatic heterocycles. The third-order valence-corrected chi connectivity index (χ3v) is 5.11. The fourth-order valence-electron chi connectivity index (χ4n) is 3.47. The molecule has 0 spiro atoms. The number of benzene rings is 1. The van der Waals surface area contributed by atoms with E-state index in [0.717, 1.165) is 18.1 Å². The fourth-order valence-corrected chi connectivity index (χ4v) is 3.72. The van der Waals surface area contributed by atoms with Gasteiger partial charge >= 0.3 is 0 Å².